The maximum Gasteiger partial charge on any atom is 0.573 e. The van der Waals surface area contributed by atoms with E-state index in [-0.39, 0.29) is 5.75 Å². The zero-order valence-electron chi connectivity index (χ0n) is 21.5. The molecule has 0 fully saturated rings. The predicted octanol–water partition coefficient (Wildman–Crippen LogP) is 5.68. The molecule has 8 nitrogen and oxygen atoms in total. The lowest BCUT2D eigenvalue weighted by Gasteiger charge is -2.15. The molecule has 4 rings (SSSR count). The topological polar surface area (TPSA) is 97.1 Å². The number of hydrogen-bond acceptors (Lipinski definition) is 8. The van der Waals surface area contributed by atoms with Crippen LogP contribution < -0.4 is 20.7 Å². The number of aromatic nitrogens is 3. The van der Waals surface area contributed by atoms with Crippen molar-refractivity contribution in [3.8, 4) is 28.4 Å². The zero-order valence-corrected chi connectivity index (χ0v) is 21.5. The van der Waals surface area contributed by atoms with E-state index in [1.165, 1.54) is 24.3 Å². The highest BCUT2D eigenvalue weighted by Crippen LogP contribution is 2.34. The minimum Gasteiger partial charge on any atom is -0.406 e. The van der Waals surface area contributed by atoms with E-state index in [1.807, 2.05) is 52.1 Å². The number of nitrogens with one attached hydrogen (secondary N) is 3. The number of likely N-dealkylation sites (N-methyl/N-ethyl adjacent to an activating group) is 1. The van der Waals surface area contributed by atoms with Gasteiger partial charge in [-0.05, 0) is 63.7 Å². The quantitative estimate of drug-likeness (QED) is 0.227. The number of alkyl halides is 3. The Bertz CT molecular complexity index is 1370. The SMILES string of the molecule is CNCCNCc1cccc(-c2nc(Nc3ccc(OC(F)(F)F)cc3)c(C)c(-c3c(C)noc3C)n2)c1. The molecule has 3 N–H and O–H groups in total. The van der Waals surface area contributed by atoms with Crippen molar-refractivity contribution in [3.63, 3.8) is 0 Å². The Morgan fingerprint density at radius 3 is 2.39 bits per heavy atom. The molecule has 0 spiro atoms. The molecule has 38 heavy (non-hydrogen) atoms. The van der Waals surface area contributed by atoms with Crippen LogP contribution in [0.2, 0.25) is 0 Å². The fourth-order valence-electron chi connectivity index (χ4n) is 3.98. The lowest BCUT2D eigenvalue weighted by Crippen LogP contribution is -2.24. The Labute approximate surface area is 218 Å². The summed E-state index contributed by atoms with van der Waals surface area (Å²) in [5, 5.41) is 13.8. The van der Waals surface area contributed by atoms with Gasteiger partial charge in [0.15, 0.2) is 5.82 Å². The average Bonchev–Trinajstić information content (AvgIpc) is 3.21. The van der Waals surface area contributed by atoms with Crippen molar-refractivity contribution in [1.29, 1.82) is 0 Å². The highest BCUT2D eigenvalue weighted by Gasteiger charge is 2.31. The number of nitrogens with zero attached hydrogens (tertiary/aromatic N) is 3. The van der Waals surface area contributed by atoms with E-state index in [4.69, 9.17) is 14.5 Å². The summed E-state index contributed by atoms with van der Waals surface area (Å²) in [6, 6.07) is 13.4. The minimum atomic E-state index is -4.76. The summed E-state index contributed by atoms with van der Waals surface area (Å²) in [4.78, 5) is 9.67. The molecule has 0 atom stereocenters. The number of hydrogen-bond donors (Lipinski definition) is 3. The van der Waals surface area contributed by atoms with Crippen LogP contribution in [-0.2, 0) is 6.54 Å². The van der Waals surface area contributed by atoms with Gasteiger partial charge in [0.2, 0.25) is 0 Å². The Hall–Kier alpha value is -3.96. The summed E-state index contributed by atoms with van der Waals surface area (Å²) in [6.07, 6.45) is -4.76. The standard InChI is InChI=1S/C27H29F3N6O2/c1-16-24(23-17(2)36-38-18(23)3)34-26(20-7-5-6-19(14-20)15-32-13-12-31-4)35-25(16)33-21-8-10-22(11-9-21)37-27(28,29)30/h5-11,14,31-32H,12-13,15H2,1-4H3,(H,33,34,35). The van der Waals surface area contributed by atoms with Gasteiger partial charge in [-0.2, -0.15) is 0 Å². The third kappa shape index (κ3) is 6.67. The predicted molar refractivity (Wildman–Crippen MR) is 139 cm³/mol. The number of halogens is 3. The van der Waals surface area contributed by atoms with Crippen LogP contribution in [0, 0.1) is 20.8 Å². The number of anilines is 2. The summed E-state index contributed by atoms with van der Waals surface area (Å²) in [5.41, 5.74) is 5.30. The van der Waals surface area contributed by atoms with Gasteiger partial charge >= 0.3 is 6.36 Å². The molecule has 200 valence electrons. The van der Waals surface area contributed by atoms with Crippen molar-refractivity contribution in [2.45, 2.75) is 33.7 Å². The largest absolute Gasteiger partial charge is 0.573 e. The molecular weight excluding hydrogens is 497 g/mol. The van der Waals surface area contributed by atoms with E-state index in [1.54, 1.807) is 0 Å². The molecule has 0 saturated carbocycles. The van der Waals surface area contributed by atoms with Crippen molar-refractivity contribution in [1.82, 2.24) is 25.8 Å². The van der Waals surface area contributed by atoms with Gasteiger partial charge < -0.3 is 25.2 Å². The Morgan fingerprint density at radius 2 is 1.74 bits per heavy atom. The average molecular weight is 527 g/mol. The Morgan fingerprint density at radius 1 is 0.974 bits per heavy atom. The van der Waals surface area contributed by atoms with Crippen molar-refractivity contribution in [2.75, 3.05) is 25.5 Å². The number of ether oxygens (including phenoxy) is 1. The van der Waals surface area contributed by atoms with Gasteiger partial charge in [-0.15, -0.1) is 13.2 Å². The van der Waals surface area contributed by atoms with E-state index in [2.05, 4.69) is 25.8 Å². The van der Waals surface area contributed by atoms with Crippen molar-refractivity contribution in [2.24, 2.45) is 0 Å². The van der Waals surface area contributed by atoms with Crippen LogP contribution in [0.1, 0.15) is 22.6 Å². The molecule has 4 aromatic rings. The van der Waals surface area contributed by atoms with Crippen LogP contribution >= 0.6 is 0 Å². The summed E-state index contributed by atoms with van der Waals surface area (Å²) in [5.74, 6) is 1.31. The molecule has 2 heterocycles. The van der Waals surface area contributed by atoms with Crippen LogP contribution in [-0.4, -0.2) is 41.6 Å². The molecule has 0 aliphatic carbocycles. The molecular formula is C27H29F3N6O2. The van der Waals surface area contributed by atoms with Gasteiger partial charge in [-0.25, -0.2) is 9.97 Å². The maximum absolute atomic E-state index is 12.5. The van der Waals surface area contributed by atoms with E-state index in [0.29, 0.717) is 41.0 Å². The zero-order chi connectivity index (χ0) is 27.3. The van der Waals surface area contributed by atoms with E-state index < -0.39 is 6.36 Å². The lowest BCUT2D eigenvalue weighted by molar-refractivity contribution is -0.274. The fraction of sp³-hybridized carbons (Fsp3) is 0.296. The fourth-order valence-corrected chi connectivity index (χ4v) is 3.98. The van der Waals surface area contributed by atoms with Crippen molar-refractivity contribution >= 4 is 11.5 Å². The summed E-state index contributed by atoms with van der Waals surface area (Å²) in [7, 11) is 1.91. The third-order valence-electron chi connectivity index (χ3n) is 5.83. The van der Waals surface area contributed by atoms with E-state index >= 15 is 0 Å². The van der Waals surface area contributed by atoms with E-state index in [0.717, 1.165) is 35.3 Å². The normalized spacial score (nSPS) is 11.6. The second-order valence-electron chi connectivity index (χ2n) is 8.75. The molecule has 0 amide bonds. The van der Waals surface area contributed by atoms with Crippen LogP contribution in [0.3, 0.4) is 0 Å². The van der Waals surface area contributed by atoms with Crippen LogP contribution in [0.15, 0.2) is 53.1 Å². The molecule has 2 aromatic carbocycles. The number of benzene rings is 2. The Balaban J connectivity index is 1.72. The molecule has 0 saturated heterocycles. The molecule has 0 bridgehead atoms. The van der Waals surface area contributed by atoms with Crippen LogP contribution in [0.4, 0.5) is 24.7 Å². The van der Waals surface area contributed by atoms with Gasteiger partial charge in [0.05, 0.1) is 17.0 Å². The first-order valence-electron chi connectivity index (χ1n) is 12.0. The van der Waals surface area contributed by atoms with Crippen LogP contribution in [0.25, 0.3) is 22.6 Å². The molecule has 11 heteroatoms. The smallest absolute Gasteiger partial charge is 0.406 e. The summed E-state index contributed by atoms with van der Waals surface area (Å²) >= 11 is 0. The molecule has 0 aliphatic rings. The first-order valence-corrected chi connectivity index (χ1v) is 12.0. The summed E-state index contributed by atoms with van der Waals surface area (Å²) in [6.45, 7) is 7.92. The van der Waals surface area contributed by atoms with Gasteiger partial charge in [0, 0.05) is 36.4 Å². The summed E-state index contributed by atoms with van der Waals surface area (Å²) < 4.78 is 47.0. The monoisotopic (exact) mass is 526 g/mol. The second kappa shape index (κ2) is 11.6. The minimum absolute atomic E-state index is 0.306. The number of aryl methyl sites for hydroxylation is 2. The van der Waals surface area contributed by atoms with Gasteiger partial charge in [0.25, 0.3) is 0 Å². The first-order chi connectivity index (χ1) is 18.1. The number of rotatable bonds is 10. The van der Waals surface area contributed by atoms with Crippen molar-refractivity contribution < 1.29 is 22.4 Å². The highest BCUT2D eigenvalue weighted by molar-refractivity contribution is 5.76. The molecule has 2 aromatic heterocycles. The second-order valence-corrected chi connectivity index (χ2v) is 8.75. The van der Waals surface area contributed by atoms with Gasteiger partial charge in [0.1, 0.15) is 17.3 Å². The van der Waals surface area contributed by atoms with Crippen LogP contribution in [0.5, 0.6) is 5.75 Å². The first kappa shape index (κ1) is 27.1. The van der Waals surface area contributed by atoms with Crippen molar-refractivity contribution in [3.05, 3.63) is 71.1 Å². The van der Waals surface area contributed by atoms with Gasteiger partial charge in [-0.3, -0.25) is 0 Å². The Kier molecular flexibility index (Phi) is 8.28. The highest BCUT2D eigenvalue weighted by atomic mass is 19.4. The van der Waals surface area contributed by atoms with Gasteiger partial charge in [-0.1, -0.05) is 23.4 Å². The third-order valence-corrected chi connectivity index (χ3v) is 5.83. The molecule has 0 radical (unpaired) electrons. The molecule has 0 unspecified atom stereocenters. The van der Waals surface area contributed by atoms with E-state index in [9.17, 15) is 13.2 Å². The molecule has 0 aliphatic heterocycles. The lowest BCUT2D eigenvalue weighted by atomic mass is 10.0. The maximum atomic E-state index is 12.5.